The van der Waals surface area contributed by atoms with E-state index in [4.69, 9.17) is 11.6 Å². The molecule has 0 bridgehead atoms. The summed E-state index contributed by atoms with van der Waals surface area (Å²) >= 11 is 5.88. The predicted molar refractivity (Wildman–Crippen MR) is 91.9 cm³/mol. The van der Waals surface area contributed by atoms with Crippen molar-refractivity contribution in [2.45, 2.75) is 19.4 Å². The number of carbonyl (C=O) groups is 3. The Morgan fingerprint density at radius 1 is 1.42 bits per heavy atom. The SMILES string of the molecule is Cc1cc(Cl)ccc1NC(=O)CNC(=O)C1(C)CNCC(=O)N1C. The van der Waals surface area contributed by atoms with Gasteiger partial charge >= 0.3 is 0 Å². The summed E-state index contributed by atoms with van der Waals surface area (Å²) in [6.45, 7) is 3.84. The van der Waals surface area contributed by atoms with Gasteiger partial charge in [0.2, 0.25) is 17.7 Å². The van der Waals surface area contributed by atoms with Gasteiger partial charge in [0.25, 0.3) is 0 Å². The number of likely N-dealkylation sites (N-methyl/N-ethyl adjacent to an activating group) is 1. The maximum atomic E-state index is 12.4. The van der Waals surface area contributed by atoms with E-state index < -0.39 is 5.54 Å². The van der Waals surface area contributed by atoms with E-state index in [0.717, 1.165) is 5.56 Å². The van der Waals surface area contributed by atoms with Crippen LogP contribution >= 0.6 is 11.6 Å². The average molecular weight is 353 g/mol. The normalized spacial score (nSPS) is 20.7. The van der Waals surface area contributed by atoms with Gasteiger partial charge in [0, 0.05) is 24.3 Å². The van der Waals surface area contributed by atoms with E-state index in [1.165, 1.54) is 4.90 Å². The number of carbonyl (C=O) groups excluding carboxylic acids is 3. The lowest BCUT2D eigenvalue weighted by molar-refractivity contribution is -0.147. The number of benzene rings is 1. The number of anilines is 1. The minimum absolute atomic E-state index is 0.167. The fourth-order valence-corrected chi connectivity index (χ4v) is 2.70. The van der Waals surface area contributed by atoms with Crippen LogP contribution in [-0.4, -0.2) is 54.8 Å². The highest BCUT2D eigenvalue weighted by atomic mass is 35.5. The Morgan fingerprint density at radius 3 is 2.79 bits per heavy atom. The van der Waals surface area contributed by atoms with Crippen LogP contribution in [0.2, 0.25) is 5.02 Å². The molecule has 1 atom stereocenters. The Labute approximate surface area is 145 Å². The molecule has 0 radical (unpaired) electrons. The van der Waals surface area contributed by atoms with Gasteiger partial charge in [0.05, 0.1) is 13.1 Å². The second kappa shape index (κ2) is 7.19. The Kier molecular flexibility index (Phi) is 5.46. The molecule has 0 spiro atoms. The summed E-state index contributed by atoms with van der Waals surface area (Å²) in [5.41, 5.74) is 0.443. The number of hydrogen-bond acceptors (Lipinski definition) is 4. The first kappa shape index (κ1) is 18.2. The topological polar surface area (TPSA) is 90.5 Å². The number of nitrogens with zero attached hydrogens (tertiary/aromatic N) is 1. The second-order valence-electron chi connectivity index (χ2n) is 6.02. The number of nitrogens with one attached hydrogen (secondary N) is 3. The molecule has 0 aliphatic carbocycles. The molecule has 24 heavy (non-hydrogen) atoms. The minimum Gasteiger partial charge on any atom is -0.345 e. The highest BCUT2D eigenvalue weighted by Crippen LogP contribution is 2.19. The Morgan fingerprint density at radius 2 is 2.12 bits per heavy atom. The van der Waals surface area contributed by atoms with Crippen LogP contribution in [0.5, 0.6) is 0 Å². The van der Waals surface area contributed by atoms with Crippen molar-refractivity contribution in [1.29, 1.82) is 0 Å². The van der Waals surface area contributed by atoms with Crippen LogP contribution in [0.3, 0.4) is 0 Å². The third kappa shape index (κ3) is 3.85. The first-order valence-electron chi connectivity index (χ1n) is 7.56. The summed E-state index contributed by atoms with van der Waals surface area (Å²) in [6, 6.07) is 5.12. The van der Waals surface area contributed by atoms with Crippen LogP contribution in [-0.2, 0) is 14.4 Å². The lowest BCUT2D eigenvalue weighted by atomic mass is 9.96. The zero-order chi connectivity index (χ0) is 17.9. The molecule has 2 rings (SSSR count). The first-order valence-corrected chi connectivity index (χ1v) is 7.93. The van der Waals surface area contributed by atoms with Gasteiger partial charge in [-0.2, -0.15) is 0 Å². The molecular formula is C16H21ClN4O3. The molecule has 1 aromatic carbocycles. The van der Waals surface area contributed by atoms with Crippen molar-refractivity contribution in [2.75, 3.05) is 32.0 Å². The number of aryl methyl sites for hydroxylation is 1. The van der Waals surface area contributed by atoms with Gasteiger partial charge in [-0.15, -0.1) is 0 Å². The maximum absolute atomic E-state index is 12.4. The predicted octanol–water partition coefficient (Wildman–Crippen LogP) is 0.523. The third-order valence-electron chi connectivity index (χ3n) is 4.22. The molecule has 1 heterocycles. The van der Waals surface area contributed by atoms with Gasteiger partial charge in [-0.05, 0) is 37.6 Å². The van der Waals surface area contributed by atoms with Crippen molar-refractivity contribution >= 4 is 35.0 Å². The van der Waals surface area contributed by atoms with Crippen LogP contribution in [0.15, 0.2) is 18.2 Å². The lowest BCUT2D eigenvalue weighted by Gasteiger charge is -2.41. The molecule has 3 amide bonds. The van der Waals surface area contributed by atoms with Gasteiger partial charge in [0.15, 0.2) is 0 Å². The second-order valence-corrected chi connectivity index (χ2v) is 6.46. The minimum atomic E-state index is -1.02. The highest BCUT2D eigenvalue weighted by Gasteiger charge is 2.42. The largest absolute Gasteiger partial charge is 0.345 e. The van der Waals surface area contributed by atoms with Gasteiger partial charge in [-0.3, -0.25) is 14.4 Å². The Hall–Kier alpha value is -2.12. The average Bonchev–Trinajstić information content (AvgIpc) is 2.53. The summed E-state index contributed by atoms with van der Waals surface area (Å²) in [6.07, 6.45) is 0. The summed E-state index contributed by atoms with van der Waals surface area (Å²) in [5, 5.41) is 8.80. The molecule has 1 aliphatic rings. The molecule has 1 fully saturated rings. The van der Waals surface area contributed by atoms with E-state index in [0.29, 0.717) is 17.3 Å². The van der Waals surface area contributed by atoms with Crippen molar-refractivity contribution < 1.29 is 14.4 Å². The van der Waals surface area contributed by atoms with E-state index >= 15 is 0 Å². The smallest absolute Gasteiger partial charge is 0.247 e. The van der Waals surface area contributed by atoms with Crippen LogP contribution in [0.1, 0.15) is 12.5 Å². The lowest BCUT2D eigenvalue weighted by Crippen LogP contribution is -2.67. The molecule has 1 aliphatic heterocycles. The van der Waals surface area contributed by atoms with E-state index in [1.54, 1.807) is 32.2 Å². The first-order chi connectivity index (χ1) is 11.2. The molecule has 7 nitrogen and oxygen atoms in total. The highest BCUT2D eigenvalue weighted by molar-refractivity contribution is 6.30. The maximum Gasteiger partial charge on any atom is 0.247 e. The zero-order valence-corrected chi connectivity index (χ0v) is 14.7. The monoisotopic (exact) mass is 352 g/mol. The van der Waals surface area contributed by atoms with Crippen molar-refractivity contribution in [3.05, 3.63) is 28.8 Å². The number of rotatable bonds is 4. The molecule has 0 aromatic heterocycles. The van der Waals surface area contributed by atoms with Gasteiger partial charge < -0.3 is 20.9 Å². The quantitative estimate of drug-likeness (QED) is 0.737. The number of piperazine rings is 1. The molecule has 1 unspecified atom stereocenters. The fourth-order valence-electron chi connectivity index (χ4n) is 2.47. The fraction of sp³-hybridized carbons (Fsp3) is 0.438. The van der Waals surface area contributed by atoms with Crippen LogP contribution in [0.25, 0.3) is 0 Å². The van der Waals surface area contributed by atoms with E-state index in [-0.39, 0.29) is 30.8 Å². The van der Waals surface area contributed by atoms with Gasteiger partial charge in [0.1, 0.15) is 5.54 Å². The molecule has 3 N–H and O–H groups in total. The molecule has 1 saturated heterocycles. The van der Waals surface area contributed by atoms with Crippen molar-refractivity contribution in [1.82, 2.24) is 15.5 Å². The molecular weight excluding hydrogens is 332 g/mol. The number of halogens is 1. The molecule has 130 valence electrons. The van der Waals surface area contributed by atoms with Crippen LogP contribution in [0, 0.1) is 6.92 Å². The molecule has 1 aromatic rings. The van der Waals surface area contributed by atoms with Crippen molar-refractivity contribution in [3.63, 3.8) is 0 Å². The Balaban J connectivity index is 1.93. The molecule has 0 saturated carbocycles. The Bertz CT molecular complexity index is 679. The summed E-state index contributed by atoms with van der Waals surface area (Å²) in [7, 11) is 1.58. The zero-order valence-electron chi connectivity index (χ0n) is 13.9. The number of hydrogen-bond donors (Lipinski definition) is 3. The third-order valence-corrected chi connectivity index (χ3v) is 4.46. The van der Waals surface area contributed by atoms with E-state index in [9.17, 15) is 14.4 Å². The van der Waals surface area contributed by atoms with Crippen molar-refractivity contribution in [3.8, 4) is 0 Å². The molecule has 8 heteroatoms. The van der Waals surface area contributed by atoms with E-state index in [2.05, 4.69) is 16.0 Å². The summed E-state index contributed by atoms with van der Waals surface area (Å²) in [4.78, 5) is 37.6. The van der Waals surface area contributed by atoms with Crippen LogP contribution < -0.4 is 16.0 Å². The number of amides is 3. The van der Waals surface area contributed by atoms with Gasteiger partial charge in [-0.25, -0.2) is 0 Å². The van der Waals surface area contributed by atoms with E-state index in [1.807, 2.05) is 6.92 Å². The van der Waals surface area contributed by atoms with Crippen molar-refractivity contribution in [2.24, 2.45) is 0 Å². The standard InChI is InChI=1S/C16H21ClN4O3/c1-10-6-11(17)4-5-12(10)20-13(22)7-19-15(24)16(2)9-18-8-14(23)21(16)3/h4-6,18H,7-9H2,1-3H3,(H,19,24)(H,20,22). The summed E-state index contributed by atoms with van der Waals surface area (Å²) in [5.74, 6) is -0.899. The summed E-state index contributed by atoms with van der Waals surface area (Å²) < 4.78 is 0. The van der Waals surface area contributed by atoms with Crippen LogP contribution in [0.4, 0.5) is 5.69 Å². The van der Waals surface area contributed by atoms with Gasteiger partial charge in [-0.1, -0.05) is 11.6 Å².